The number of pyridine rings is 2. The summed E-state index contributed by atoms with van der Waals surface area (Å²) >= 11 is 6.20. The van der Waals surface area contributed by atoms with Gasteiger partial charge in [-0.15, -0.1) is 0 Å². The van der Waals surface area contributed by atoms with Gasteiger partial charge in [-0.3, -0.25) is 4.98 Å². The predicted octanol–water partition coefficient (Wildman–Crippen LogP) is 3.21. The van der Waals surface area contributed by atoms with Crippen LogP contribution in [0.4, 0.5) is 0 Å². The highest BCUT2D eigenvalue weighted by Crippen LogP contribution is 2.29. The Hall–Kier alpha value is -2.48. The fourth-order valence-electron chi connectivity index (χ4n) is 2.66. The Morgan fingerprint density at radius 1 is 1.26 bits per heavy atom. The molecular weight excluding hydrogens is 384 g/mol. The Morgan fingerprint density at radius 3 is 2.78 bits per heavy atom. The molecule has 0 atom stereocenters. The summed E-state index contributed by atoms with van der Waals surface area (Å²) in [4.78, 5) is 8.07. The van der Waals surface area contributed by atoms with Crippen LogP contribution in [0.3, 0.4) is 0 Å². The molecule has 0 fully saturated rings. The average molecular weight is 403 g/mol. The van der Waals surface area contributed by atoms with Crippen molar-refractivity contribution in [3.8, 4) is 11.3 Å². The molecule has 0 aliphatic carbocycles. The van der Waals surface area contributed by atoms with Gasteiger partial charge in [0.1, 0.15) is 5.15 Å². The molecule has 0 radical (unpaired) electrons. The maximum absolute atomic E-state index is 13.0. The minimum Gasteiger partial charge on any atom is -0.316 e. The number of halogens is 1. The fraction of sp³-hybridized carbons (Fsp3) is 0.158. The van der Waals surface area contributed by atoms with E-state index in [0.717, 1.165) is 11.1 Å². The Bertz CT molecular complexity index is 1050. The average Bonchev–Trinajstić information content (AvgIpc) is 3.08. The number of hydrogen-bond donors (Lipinski definition) is 1. The fourth-order valence-corrected chi connectivity index (χ4v) is 4.12. The maximum Gasteiger partial charge on any atom is 0.242 e. The van der Waals surface area contributed by atoms with Gasteiger partial charge in [0.2, 0.25) is 10.0 Å². The van der Waals surface area contributed by atoms with Crippen molar-refractivity contribution in [2.45, 2.75) is 6.54 Å². The van der Waals surface area contributed by atoms with Crippen LogP contribution in [0.1, 0.15) is 11.1 Å². The van der Waals surface area contributed by atoms with E-state index in [2.05, 4.69) is 15.3 Å². The van der Waals surface area contributed by atoms with Crippen LogP contribution in [0.25, 0.3) is 17.3 Å². The molecule has 0 unspecified atom stereocenters. The second-order valence-electron chi connectivity index (χ2n) is 5.87. The van der Waals surface area contributed by atoms with Crippen molar-refractivity contribution in [3.05, 3.63) is 77.5 Å². The van der Waals surface area contributed by atoms with Gasteiger partial charge in [0.05, 0.1) is 11.4 Å². The van der Waals surface area contributed by atoms with Crippen molar-refractivity contribution in [2.75, 3.05) is 12.8 Å². The molecule has 3 rings (SSSR count). The van der Waals surface area contributed by atoms with Crippen molar-refractivity contribution < 1.29 is 8.42 Å². The highest BCUT2D eigenvalue weighted by Gasteiger charge is 2.20. The summed E-state index contributed by atoms with van der Waals surface area (Å²) in [6, 6.07) is 8.95. The van der Waals surface area contributed by atoms with E-state index in [9.17, 15) is 8.42 Å². The van der Waals surface area contributed by atoms with Gasteiger partial charge < -0.3 is 5.32 Å². The molecule has 0 aliphatic heterocycles. The van der Waals surface area contributed by atoms with Crippen LogP contribution < -0.4 is 5.32 Å². The van der Waals surface area contributed by atoms with Crippen LogP contribution in [0.5, 0.6) is 0 Å². The summed E-state index contributed by atoms with van der Waals surface area (Å²) in [5.74, 6) is -0.152. The molecule has 0 aromatic carbocycles. The topological polar surface area (TPSA) is 76.9 Å². The highest BCUT2D eigenvalue weighted by molar-refractivity contribution is 7.90. The molecule has 0 spiro atoms. The SMILES string of the molecule is CNCc1cc(-c2cccnc2Cl)n(S(=O)(=O)CC=Cc2cccnc2)c1. The van der Waals surface area contributed by atoms with Crippen LogP contribution in [0, 0.1) is 0 Å². The van der Waals surface area contributed by atoms with Crippen molar-refractivity contribution in [1.82, 2.24) is 19.3 Å². The van der Waals surface area contributed by atoms with Crippen LogP contribution in [-0.2, 0) is 16.6 Å². The van der Waals surface area contributed by atoms with E-state index in [1.165, 1.54) is 3.97 Å². The lowest BCUT2D eigenvalue weighted by Crippen LogP contribution is -2.16. The van der Waals surface area contributed by atoms with Gasteiger partial charge >= 0.3 is 0 Å². The number of aromatic nitrogens is 3. The summed E-state index contributed by atoms with van der Waals surface area (Å²) < 4.78 is 27.2. The molecule has 0 bridgehead atoms. The Morgan fingerprint density at radius 2 is 2.07 bits per heavy atom. The third-order valence-corrected chi connectivity index (χ3v) is 5.68. The smallest absolute Gasteiger partial charge is 0.242 e. The number of nitrogens with one attached hydrogen (secondary N) is 1. The first-order valence-corrected chi connectivity index (χ1v) is 10.3. The van der Waals surface area contributed by atoms with Gasteiger partial charge in [0.25, 0.3) is 0 Å². The van der Waals surface area contributed by atoms with Gasteiger partial charge in [0, 0.05) is 36.9 Å². The summed E-state index contributed by atoms with van der Waals surface area (Å²) in [6.07, 6.45) is 9.87. The van der Waals surface area contributed by atoms with E-state index >= 15 is 0 Å². The van der Waals surface area contributed by atoms with Crippen molar-refractivity contribution in [1.29, 1.82) is 0 Å². The van der Waals surface area contributed by atoms with Gasteiger partial charge in [-0.05, 0) is 42.4 Å². The van der Waals surface area contributed by atoms with Gasteiger partial charge in [-0.25, -0.2) is 17.4 Å². The van der Waals surface area contributed by atoms with Crippen LogP contribution in [0.2, 0.25) is 5.15 Å². The van der Waals surface area contributed by atoms with Crippen molar-refractivity contribution in [3.63, 3.8) is 0 Å². The first-order valence-electron chi connectivity index (χ1n) is 8.28. The maximum atomic E-state index is 13.0. The highest BCUT2D eigenvalue weighted by atomic mass is 35.5. The molecule has 27 heavy (non-hydrogen) atoms. The van der Waals surface area contributed by atoms with Crippen molar-refractivity contribution >= 4 is 27.7 Å². The third kappa shape index (κ3) is 4.63. The zero-order valence-corrected chi connectivity index (χ0v) is 16.3. The first-order chi connectivity index (χ1) is 13.0. The summed E-state index contributed by atoms with van der Waals surface area (Å²) in [6.45, 7) is 0.541. The number of nitrogens with zero attached hydrogens (tertiary/aromatic N) is 3. The Kier molecular flexibility index (Phi) is 6.05. The molecule has 8 heteroatoms. The second kappa shape index (κ2) is 8.47. The van der Waals surface area contributed by atoms with Crippen molar-refractivity contribution in [2.24, 2.45) is 0 Å². The lowest BCUT2D eigenvalue weighted by atomic mass is 10.2. The number of hydrogen-bond acceptors (Lipinski definition) is 5. The molecule has 140 valence electrons. The lowest BCUT2D eigenvalue weighted by molar-refractivity contribution is 0.591. The summed E-state index contributed by atoms with van der Waals surface area (Å²) in [7, 11) is -1.82. The quantitative estimate of drug-likeness (QED) is 0.614. The Balaban J connectivity index is 1.96. The van der Waals surface area contributed by atoms with E-state index in [1.54, 1.807) is 62.2 Å². The van der Waals surface area contributed by atoms with Gasteiger partial charge in [0.15, 0.2) is 0 Å². The van der Waals surface area contributed by atoms with Gasteiger partial charge in [-0.2, -0.15) is 0 Å². The van der Waals surface area contributed by atoms with Crippen LogP contribution in [-0.4, -0.2) is 35.2 Å². The molecule has 3 heterocycles. The monoisotopic (exact) mass is 402 g/mol. The van der Waals surface area contributed by atoms with Crippen LogP contribution in [0.15, 0.2) is 61.2 Å². The van der Waals surface area contributed by atoms with Crippen LogP contribution >= 0.6 is 11.6 Å². The lowest BCUT2D eigenvalue weighted by Gasteiger charge is -2.09. The largest absolute Gasteiger partial charge is 0.316 e. The van der Waals surface area contributed by atoms with E-state index in [-0.39, 0.29) is 10.9 Å². The molecule has 6 nitrogen and oxygen atoms in total. The zero-order chi connectivity index (χ0) is 19.3. The minimum absolute atomic E-state index is 0.152. The summed E-state index contributed by atoms with van der Waals surface area (Å²) in [5, 5.41) is 3.29. The molecular formula is C19H19ClN4O2S. The first kappa shape index (κ1) is 19.3. The third-order valence-electron chi connectivity index (χ3n) is 3.86. The zero-order valence-electron chi connectivity index (χ0n) is 14.7. The van der Waals surface area contributed by atoms with E-state index in [4.69, 9.17) is 11.6 Å². The molecule has 0 amide bonds. The summed E-state index contributed by atoms with van der Waals surface area (Å²) in [5.41, 5.74) is 2.74. The standard InChI is InChI=1S/C19H19ClN4O2S/c1-21-12-16-11-18(17-7-3-9-23-19(17)20)24(14-16)27(25,26)10-4-6-15-5-2-8-22-13-15/h2-9,11,13-14,21H,10,12H2,1H3. The molecule has 3 aromatic heterocycles. The molecule has 0 saturated carbocycles. The minimum atomic E-state index is -3.63. The normalized spacial score (nSPS) is 11.9. The van der Waals surface area contributed by atoms with Gasteiger partial charge in [-0.1, -0.05) is 29.8 Å². The Labute approximate surface area is 163 Å². The van der Waals surface area contributed by atoms with E-state index < -0.39 is 10.0 Å². The second-order valence-corrected chi connectivity index (χ2v) is 8.12. The molecule has 0 aliphatic rings. The van der Waals surface area contributed by atoms with E-state index in [1.807, 2.05) is 12.1 Å². The predicted molar refractivity (Wildman–Crippen MR) is 108 cm³/mol. The number of rotatable bonds is 7. The van der Waals surface area contributed by atoms with E-state index in [0.29, 0.717) is 17.8 Å². The molecule has 3 aromatic rings. The molecule has 1 N–H and O–H groups in total. The molecule has 0 saturated heterocycles.